The first-order valence-corrected chi connectivity index (χ1v) is 6.25. The Kier molecular flexibility index (Phi) is 6.91. The molecule has 3 N–H and O–H groups in total. The van der Waals surface area contributed by atoms with Crippen molar-refractivity contribution in [3.63, 3.8) is 0 Å². The summed E-state index contributed by atoms with van der Waals surface area (Å²) in [6.07, 6.45) is 1.07. The molecular formula is C11H24N4O2. The van der Waals surface area contributed by atoms with E-state index in [0.29, 0.717) is 6.54 Å². The molecule has 0 saturated carbocycles. The van der Waals surface area contributed by atoms with Gasteiger partial charge in [0.05, 0.1) is 19.8 Å². The van der Waals surface area contributed by atoms with Crippen molar-refractivity contribution in [2.24, 2.45) is 10.9 Å². The predicted molar refractivity (Wildman–Crippen MR) is 67.4 cm³/mol. The zero-order valence-corrected chi connectivity index (χ0v) is 10.6. The van der Waals surface area contributed by atoms with Gasteiger partial charge in [0.2, 0.25) is 0 Å². The molecule has 0 unspecified atom stereocenters. The Morgan fingerprint density at radius 3 is 2.71 bits per heavy atom. The maximum atomic E-state index is 8.58. The molecule has 0 aliphatic carbocycles. The standard InChI is InChI=1S/C11H24N4O2/c1-2-3-15(10-11(12)13-16)5-4-14-6-8-17-9-7-14/h16H,2-10H2,1H3,(H2,12,13). The fourth-order valence-electron chi connectivity index (χ4n) is 1.95. The van der Waals surface area contributed by atoms with E-state index in [4.69, 9.17) is 15.7 Å². The van der Waals surface area contributed by atoms with Gasteiger partial charge in [-0.25, -0.2) is 0 Å². The van der Waals surface area contributed by atoms with Crippen LogP contribution in [0.4, 0.5) is 0 Å². The Balaban J connectivity index is 2.27. The number of hydrogen-bond donors (Lipinski definition) is 2. The van der Waals surface area contributed by atoms with Crippen molar-refractivity contribution in [1.82, 2.24) is 9.80 Å². The summed E-state index contributed by atoms with van der Waals surface area (Å²) >= 11 is 0. The third-order valence-electron chi connectivity index (χ3n) is 2.89. The Labute approximate surface area is 103 Å². The van der Waals surface area contributed by atoms with Gasteiger partial charge in [-0.05, 0) is 13.0 Å². The lowest BCUT2D eigenvalue weighted by Gasteiger charge is -2.29. The number of ether oxygens (including phenoxy) is 1. The maximum Gasteiger partial charge on any atom is 0.153 e. The summed E-state index contributed by atoms with van der Waals surface area (Å²) in [6.45, 7) is 9.27. The van der Waals surface area contributed by atoms with Gasteiger partial charge in [-0.2, -0.15) is 0 Å². The molecule has 1 aliphatic heterocycles. The van der Waals surface area contributed by atoms with Crippen LogP contribution in [-0.2, 0) is 4.74 Å². The van der Waals surface area contributed by atoms with Gasteiger partial charge in [-0.15, -0.1) is 0 Å². The van der Waals surface area contributed by atoms with Crippen molar-refractivity contribution in [3.05, 3.63) is 0 Å². The number of amidine groups is 1. The third-order valence-corrected chi connectivity index (χ3v) is 2.89. The lowest BCUT2D eigenvalue weighted by Crippen LogP contribution is -2.43. The fraction of sp³-hybridized carbons (Fsp3) is 0.909. The van der Waals surface area contributed by atoms with Crippen LogP contribution in [0.5, 0.6) is 0 Å². The molecule has 6 heteroatoms. The molecule has 6 nitrogen and oxygen atoms in total. The smallest absolute Gasteiger partial charge is 0.153 e. The average molecular weight is 244 g/mol. The number of nitrogens with two attached hydrogens (primary N) is 1. The highest BCUT2D eigenvalue weighted by atomic mass is 16.5. The molecule has 0 bridgehead atoms. The predicted octanol–water partition coefficient (Wildman–Crippen LogP) is -0.223. The van der Waals surface area contributed by atoms with Crippen molar-refractivity contribution in [2.45, 2.75) is 13.3 Å². The summed E-state index contributed by atoms with van der Waals surface area (Å²) in [5, 5.41) is 11.6. The van der Waals surface area contributed by atoms with Crippen molar-refractivity contribution in [1.29, 1.82) is 0 Å². The molecule has 100 valence electrons. The van der Waals surface area contributed by atoms with Crippen LogP contribution in [0.25, 0.3) is 0 Å². The first-order chi connectivity index (χ1) is 8.26. The van der Waals surface area contributed by atoms with Gasteiger partial charge in [-0.1, -0.05) is 12.1 Å². The highest BCUT2D eigenvalue weighted by Gasteiger charge is 2.12. The lowest BCUT2D eigenvalue weighted by atomic mass is 10.3. The summed E-state index contributed by atoms with van der Waals surface area (Å²) in [5.74, 6) is 0.278. The zero-order chi connectivity index (χ0) is 12.5. The van der Waals surface area contributed by atoms with Crippen LogP contribution in [0, 0.1) is 0 Å². The van der Waals surface area contributed by atoms with Crippen molar-refractivity contribution < 1.29 is 9.94 Å². The summed E-state index contributed by atoms with van der Waals surface area (Å²) in [5.41, 5.74) is 5.54. The van der Waals surface area contributed by atoms with Gasteiger partial charge in [0, 0.05) is 26.2 Å². The van der Waals surface area contributed by atoms with E-state index in [1.165, 1.54) is 0 Å². The Bertz CT molecular complexity index is 230. The molecular weight excluding hydrogens is 220 g/mol. The quantitative estimate of drug-likeness (QED) is 0.280. The first-order valence-electron chi connectivity index (χ1n) is 6.25. The minimum absolute atomic E-state index is 0.278. The van der Waals surface area contributed by atoms with Gasteiger partial charge >= 0.3 is 0 Å². The van der Waals surface area contributed by atoms with E-state index in [2.05, 4.69) is 21.9 Å². The Morgan fingerprint density at radius 1 is 1.41 bits per heavy atom. The Morgan fingerprint density at radius 2 is 2.12 bits per heavy atom. The van der Waals surface area contributed by atoms with Crippen LogP contribution in [0.2, 0.25) is 0 Å². The number of nitrogens with zero attached hydrogens (tertiary/aromatic N) is 3. The normalized spacial score (nSPS) is 18.8. The monoisotopic (exact) mass is 244 g/mol. The van der Waals surface area contributed by atoms with Gasteiger partial charge in [0.1, 0.15) is 0 Å². The SMILES string of the molecule is CCCN(CCN1CCOCC1)CC(N)=NO. The van der Waals surface area contributed by atoms with Gasteiger partial charge in [0.15, 0.2) is 5.84 Å². The number of oxime groups is 1. The maximum absolute atomic E-state index is 8.58. The molecule has 0 aromatic carbocycles. The zero-order valence-electron chi connectivity index (χ0n) is 10.6. The molecule has 0 aromatic heterocycles. The van der Waals surface area contributed by atoms with E-state index in [0.717, 1.165) is 52.4 Å². The van der Waals surface area contributed by atoms with E-state index >= 15 is 0 Å². The van der Waals surface area contributed by atoms with Crippen molar-refractivity contribution >= 4 is 5.84 Å². The molecule has 0 spiro atoms. The largest absolute Gasteiger partial charge is 0.409 e. The summed E-state index contributed by atoms with van der Waals surface area (Å²) in [7, 11) is 0. The van der Waals surface area contributed by atoms with Crippen LogP contribution in [0.1, 0.15) is 13.3 Å². The molecule has 1 heterocycles. The molecule has 0 atom stereocenters. The lowest BCUT2D eigenvalue weighted by molar-refractivity contribution is 0.0340. The van der Waals surface area contributed by atoms with Gasteiger partial charge < -0.3 is 15.7 Å². The van der Waals surface area contributed by atoms with E-state index in [-0.39, 0.29) is 5.84 Å². The highest BCUT2D eigenvalue weighted by Crippen LogP contribution is 1.98. The summed E-state index contributed by atoms with van der Waals surface area (Å²) in [6, 6.07) is 0. The number of morpholine rings is 1. The van der Waals surface area contributed by atoms with Crippen LogP contribution in [0.15, 0.2) is 5.16 Å². The van der Waals surface area contributed by atoms with Gasteiger partial charge in [0.25, 0.3) is 0 Å². The first kappa shape index (κ1) is 14.2. The third kappa shape index (κ3) is 5.86. The number of hydrogen-bond acceptors (Lipinski definition) is 5. The fourth-order valence-corrected chi connectivity index (χ4v) is 1.95. The minimum Gasteiger partial charge on any atom is -0.409 e. The van der Waals surface area contributed by atoms with Crippen LogP contribution in [-0.4, -0.2) is 73.3 Å². The molecule has 0 aromatic rings. The molecule has 0 amide bonds. The average Bonchev–Trinajstić information content (AvgIpc) is 2.37. The number of rotatable bonds is 7. The molecule has 1 fully saturated rings. The second kappa shape index (κ2) is 8.27. The summed E-state index contributed by atoms with van der Waals surface area (Å²) in [4.78, 5) is 4.60. The summed E-state index contributed by atoms with van der Waals surface area (Å²) < 4.78 is 5.31. The van der Waals surface area contributed by atoms with Crippen LogP contribution >= 0.6 is 0 Å². The molecule has 17 heavy (non-hydrogen) atoms. The van der Waals surface area contributed by atoms with E-state index < -0.39 is 0 Å². The molecule has 1 aliphatic rings. The second-order valence-electron chi connectivity index (χ2n) is 4.32. The van der Waals surface area contributed by atoms with Crippen molar-refractivity contribution in [3.8, 4) is 0 Å². The van der Waals surface area contributed by atoms with E-state index in [1.807, 2.05) is 0 Å². The van der Waals surface area contributed by atoms with Crippen molar-refractivity contribution in [2.75, 3.05) is 52.5 Å². The topological polar surface area (TPSA) is 74.3 Å². The van der Waals surface area contributed by atoms with Crippen LogP contribution in [0.3, 0.4) is 0 Å². The molecule has 1 rings (SSSR count). The van der Waals surface area contributed by atoms with Gasteiger partial charge in [-0.3, -0.25) is 9.80 Å². The molecule has 0 radical (unpaired) electrons. The van der Waals surface area contributed by atoms with Crippen LogP contribution < -0.4 is 5.73 Å². The molecule has 1 saturated heterocycles. The van der Waals surface area contributed by atoms with E-state index in [1.54, 1.807) is 0 Å². The highest BCUT2D eigenvalue weighted by molar-refractivity contribution is 5.81. The second-order valence-corrected chi connectivity index (χ2v) is 4.32. The minimum atomic E-state index is 0.278. The van der Waals surface area contributed by atoms with E-state index in [9.17, 15) is 0 Å². The Hall–Kier alpha value is -0.850.